The number of nitrogens with one attached hydrogen (secondary N) is 1. The van der Waals surface area contributed by atoms with E-state index in [4.69, 9.17) is 0 Å². The zero-order valence-corrected chi connectivity index (χ0v) is 7.10. The Morgan fingerprint density at radius 3 is 2.77 bits per heavy atom. The largest absolute Gasteiger partial charge is 0.322 e. The van der Waals surface area contributed by atoms with Crippen LogP contribution in [0.3, 0.4) is 0 Å². The molecule has 2 aromatic rings. The van der Waals surface area contributed by atoms with Crippen molar-refractivity contribution in [1.82, 2.24) is 4.98 Å². The van der Waals surface area contributed by atoms with E-state index in [2.05, 4.69) is 4.98 Å². The van der Waals surface area contributed by atoms with Crippen LogP contribution in [0.4, 0.5) is 4.39 Å². The minimum Gasteiger partial charge on any atom is -0.322 e. The van der Waals surface area contributed by atoms with E-state index in [1.165, 1.54) is 18.2 Å². The predicted octanol–water partition coefficient (Wildman–Crippen LogP) is 1.98. The molecule has 0 aliphatic rings. The van der Waals surface area contributed by atoms with E-state index in [0.717, 1.165) is 5.56 Å². The van der Waals surface area contributed by atoms with E-state index >= 15 is 0 Å². The topological polar surface area (TPSA) is 32.9 Å². The second kappa shape index (κ2) is 2.69. The Hall–Kier alpha value is -1.64. The van der Waals surface area contributed by atoms with Gasteiger partial charge in [-0.1, -0.05) is 6.07 Å². The summed E-state index contributed by atoms with van der Waals surface area (Å²) in [6.07, 6.45) is 0. The summed E-state index contributed by atoms with van der Waals surface area (Å²) in [7, 11) is 0. The van der Waals surface area contributed by atoms with Gasteiger partial charge in [0.25, 0.3) is 0 Å². The number of hydrogen-bond acceptors (Lipinski definition) is 1. The first-order chi connectivity index (χ1) is 6.18. The fraction of sp³-hybridized carbons (Fsp3) is 0.100. The quantitative estimate of drug-likeness (QED) is 0.655. The molecule has 0 unspecified atom stereocenters. The molecule has 1 aromatic carbocycles. The summed E-state index contributed by atoms with van der Waals surface area (Å²) in [6.45, 7) is 1.83. The van der Waals surface area contributed by atoms with Gasteiger partial charge in [-0.05, 0) is 24.6 Å². The zero-order chi connectivity index (χ0) is 9.42. The van der Waals surface area contributed by atoms with Crippen molar-refractivity contribution >= 4 is 10.9 Å². The zero-order valence-electron chi connectivity index (χ0n) is 7.10. The van der Waals surface area contributed by atoms with Crippen molar-refractivity contribution in [2.24, 2.45) is 0 Å². The molecule has 0 amide bonds. The monoisotopic (exact) mass is 177 g/mol. The molecule has 0 radical (unpaired) electrons. The van der Waals surface area contributed by atoms with E-state index < -0.39 is 0 Å². The number of hydrogen-bond donors (Lipinski definition) is 1. The van der Waals surface area contributed by atoms with Gasteiger partial charge < -0.3 is 4.98 Å². The molecule has 0 saturated heterocycles. The number of pyridine rings is 1. The number of aryl methyl sites for hydroxylation is 1. The normalized spacial score (nSPS) is 10.6. The number of aromatic amines is 1. The molecule has 3 heteroatoms. The molecule has 0 fully saturated rings. The highest BCUT2D eigenvalue weighted by Crippen LogP contribution is 2.17. The minimum absolute atomic E-state index is 0.207. The highest BCUT2D eigenvalue weighted by Gasteiger charge is 2.02. The van der Waals surface area contributed by atoms with Crippen molar-refractivity contribution < 1.29 is 4.39 Å². The van der Waals surface area contributed by atoms with Crippen molar-refractivity contribution in [3.05, 3.63) is 46.0 Å². The molecule has 66 valence electrons. The summed E-state index contributed by atoms with van der Waals surface area (Å²) < 4.78 is 13.2. The van der Waals surface area contributed by atoms with Crippen LogP contribution in [-0.2, 0) is 0 Å². The summed E-state index contributed by atoms with van der Waals surface area (Å²) in [5.74, 6) is -0.308. The smallest absolute Gasteiger partial charge is 0.248 e. The number of fused-ring (bicyclic) bond motifs is 1. The highest BCUT2D eigenvalue weighted by molar-refractivity contribution is 5.81. The van der Waals surface area contributed by atoms with Gasteiger partial charge in [-0.25, -0.2) is 4.39 Å². The third-order valence-corrected chi connectivity index (χ3v) is 2.05. The lowest BCUT2D eigenvalue weighted by molar-refractivity contribution is 0.639. The van der Waals surface area contributed by atoms with Gasteiger partial charge in [0.2, 0.25) is 5.56 Å². The van der Waals surface area contributed by atoms with Gasteiger partial charge in [-0.3, -0.25) is 4.79 Å². The van der Waals surface area contributed by atoms with Crippen LogP contribution in [-0.4, -0.2) is 4.98 Å². The molecule has 2 rings (SSSR count). The standard InChI is InChI=1S/C10H8FNO/c1-6-2-4-8(11)7-3-5-9(13)12-10(6)7/h2-5H,1H3,(H,12,13). The number of halogens is 1. The van der Waals surface area contributed by atoms with Crippen molar-refractivity contribution in [2.75, 3.05) is 0 Å². The van der Waals surface area contributed by atoms with Crippen molar-refractivity contribution in [3.63, 3.8) is 0 Å². The van der Waals surface area contributed by atoms with Crippen LogP contribution in [0.5, 0.6) is 0 Å². The molecule has 13 heavy (non-hydrogen) atoms. The number of benzene rings is 1. The van der Waals surface area contributed by atoms with Crippen LogP contribution in [0, 0.1) is 12.7 Å². The second-order valence-corrected chi connectivity index (χ2v) is 2.98. The van der Waals surface area contributed by atoms with Gasteiger partial charge in [0.15, 0.2) is 0 Å². The molecule has 1 aromatic heterocycles. The Kier molecular flexibility index (Phi) is 1.65. The Bertz CT molecular complexity index is 516. The van der Waals surface area contributed by atoms with Crippen LogP contribution in [0.15, 0.2) is 29.1 Å². The lowest BCUT2D eigenvalue weighted by Gasteiger charge is -2.01. The average Bonchev–Trinajstić information content (AvgIpc) is 2.12. The van der Waals surface area contributed by atoms with Crippen LogP contribution < -0.4 is 5.56 Å². The maximum absolute atomic E-state index is 13.2. The molecule has 0 aliphatic heterocycles. The Labute approximate surface area is 74.0 Å². The van der Waals surface area contributed by atoms with Crippen LogP contribution in [0.2, 0.25) is 0 Å². The Morgan fingerprint density at radius 2 is 2.00 bits per heavy atom. The van der Waals surface area contributed by atoms with Crippen LogP contribution >= 0.6 is 0 Å². The minimum atomic E-state index is -0.308. The van der Waals surface area contributed by atoms with E-state index in [1.54, 1.807) is 6.07 Å². The number of H-pyrrole nitrogens is 1. The van der Waals surface area contributed by atoms with Gasteiger partial charge >= 0.3 is 0 Å². The summed E-state index contributed by atoms with van der Waals surface area (Å²) >= 11 is 0. The first-order valence-electron chi connectivity index (χ1n) is 3.96. The summed E-state index contributed by atoms with van der Waals surface area (Å²) in [5.41, 5.74) is 1.24. The summed E-state index contributed by atoms with van der Waals surface area (Å²) in [4.78, 5) is 13.6. The SMILES string of the molecule is Cc1ccc(F)c2ccc(=O)[nH]c12. The van der Waals surface area contributed by atoms with Crippen molar-refractivity contribution in [3.8, 4) is 0 Å². The molecule has 2 nitrogen and oxygen atoms in total. The van der Waals surface area contributed by atoms with Gasteiger partial charge in [-0.2, -0.15) is 0 Å². The third kappa shape index (κ3) is 1.22. The van der Waals surface area contributed by atoms with Crippen molar-refractivity contribution in [1.29, 1.82) is 0 Å². The van der Waals surface area contributed by atoms with Gasteiger partial charge in [0, 0.05) is 11.5 Å². The maximum atomic E-state index is 13.2. The Morgan fingerprint density at radius 1 is 1.23 bits per heavy atom. The predicted molar refractivity (Wildman–Crippen MR) is 49.3 cm³/mol. The summed E-state index contributed by atoms with van der Waals surface area (Å²) in [5, 5.41) is 0.458. The van der Waals surface area contributed by atoms with E-state index in [-0.39, 0.29) is 11.4 Å². The molecule has 0 spiro atoms. The van der Waals surface area contributed by atoms with E-state index in [0.29, 0.717) is 10.9 Å². The molecule has 0 saturated carbocycles. The van der Waals surface area contributed by atoms with Crippen LogP contribution in [0.1, 0.15) is 5.56 Å². The van der Waals surface area contributed by atoms with Gasteiger partial charge in [0.05, 0.1) is 5.52 Å². The average molecular weight is 177 g/mol. The maximum Gasteiger partial charge on any atom is 0.248 e. The molecule has 0 aliphatic carbocycles. The highest BCUT2D eigenvalue weighted by atomic mass is 19.1. The Balaban J connectivity index is 3.00. The molecule has 1 N–H and O–H groups in total. The fourth-order valence-electron chi connectivity index (χ4n) is 1.36. The molecular formula is C10H8FNO. The number of rotatable bonds is 0. The molecule has 1 heterocycles. The number of aromatic nitrogens is 1. The second-order valence-electron chi connectivity index (χ2n) is 2.98. The van der Waals surface area contributed by atoms with E-state index in [1.807, 2.05) is 6.92 Å². The van der Waals surface area contributed by atoms with Gasteiger partial charge in [0.1, 0.15) is 5.82 Å². The van der Waals surface area contributed by atoms with E-state index in [9.17, 15) is 9.18 Å². The molecule has 0 bridgehead atoms. The van der Waals surface area contributed by atoms with Crippen LogP contribution in [0.25, 0.3) is 10.9 Å². The lowest BCUT2D eigenvalue weighted by Crippen LogP contribution is -2.03. The molecule has 0 atom stereocenters. The first-order valence-corrected chi connectivity index (χ1v) is 3.96. The fourth-order valence-corrected chi connectivity index (χ4v) is 1.36. The first kappa shape index (κ1) is 7.98. The third-order valence-electron chi connectivity index (χ3n) is 2.05. The van der Waals surface area contributed by atoms with Gasteiger partial charge in [-0.15, -0.1) is 0 Å². The summed E-state index contributed by atoms with van der Waals surface area (Å²) in [6, 6.07) is 5.87. The van der Waals surface area contributed by atoms with Crippen molar-refractivity contribution in [2.45, 2.75) is 6.92 Å². The lowest BCUT2D eigenvalue weighted by atomic mass is 10.1. The molecular weight excluding hydrogens is 169 g/mol.